The molecule has 37 heavy (non-hydrogen) atoms. The van der Waals surface area contributed by atoms with Crippen LogP contribution in [0.2, 0.25) is 10.0 Å². The molecule has 1 atom stereocenters. The number of rotatable bonds is 9. The van der Waals surface area contributed by atoms with Crippen molar-refractivity contribution < 1.29 is 23.8 Å². The molecule has 0 radical (unpaired) electrons. The Bertz CT molecular complexity index is 1210. The smallest absolute Gasteiger partial charge is 0.326 e. The number of carboxylic acids is 1. The number of nitrogens with one attached hydrogen (secondary N) is 1. The van der Waals surface area contributed by atoms with Crippen LogP contribution < -0.4 is 10.1 Å². The van der Waals surface area contributed by atoms with Crippen molar-refractivity contribution >= 4 is 35.1 Å². The monoisotopic (exact) mass is 544 g/mol. The SMILES string of the molecule is O=C(N[C@@H](Cc1ccc(OC2CCN(Cc3ccc(F)cc3)CC2)cc1)C(=O)O)c1c(Cl)cccc1Cl. The molecule has 0 aliphatic carbocycles. The molecule has 1 aliphatic heterocycles. The molecule has 1 amide bonds. The molecular weight excluding hydrogens is 518 g/mol. The van der Waals surface area contributed by atoms with Crippen LogP contribution in [0.1, 0.15) is 34.3 Å². The lowest BCUT2D eigenvalue weighted by molar-refractivity contribution is -0.139. The van der Waals surface area contributed by atoms with E-state index in [9.17, 15) is 19.1 Å². The van der Waals surface area contributed by atoms with Gasteiger partial charge in [0.25, 0.3) is 5.91 Å². The van der Waals surface area contributed by atoms with E-state index >= 15 is 0 Å². The average Bonchev–Trinajstić information content (AvgIpc) is 2.87. The molecule has 0 saturated carbocycles. The number of amides is 1. The van der Waals surface area contributed by atoms with Crippen LogP contribution in [-0.4, -0.2) is 47.1 Å². The number of halogens is 3. The van der Waals surface area contributed by atoms with Crippen LogP contribution in [0.25, 0.3) is 0 Å². The summed E-state index contributed by atoms with van der Waals surface area (Å²) >= 11 is 12.1. The summed E-state index contributed by atoms with van der Waals surface area (Å²) in [6.07, 6.45) is 1.92. The molecule has 0 unspecified atom stereocenters. The highest BCUT2D eigenvalue weighted by atomic mass is 35.5. The number of hydrogen-bond donors (Lipinski definition) is 2. The third-order valence-corrected chi connectivity index (χ3v) is 6.94. The first kappa shape index (κ1) is 26.9. The van der Waals surface area contributed by atoms with Gasteiger partial charge in [-0.15, -0.1) is 0 Å². The molecule has 0 bridgehead atoms. The molecule has 1 aliphatic rings. The Kier molecular flexibility index (Phi) is 9.03. The van der Waals surface area contributed by atoms with Crippen molar-refractivity contribution in [3.63, 3.8) is 0 Å². The Labute approximate surface area is 225 Å². The van der Waals surface area contributed by atoms with Crippen molar-refractivity contribution in [2.45, 2.75) is 38.0 Å². The molecule has 0 spiro atoms. The Morgan fingerprint density at radius 3 is 2.16 bits per heavy atom. The zero-order valence-electron chi connectivity index (χ0n) is 20.0. The molecule has 0 aromatic heterocycles. The number of hydrogen-bond acceptors (Lipinski definition) is 4. The lowest BCUT2D eigenvalue weighted by Gasteiger charge is -2.32. The quantitative estimate of drug-likeness (QED) is 0.366. The Hall–Kier alpha value is -3.13. The summed E-state index contributed by atoms with van der Waals surface area (Å²) < 4.78 is 19.2. The van der Waals surface area contributed by atoms with Gasteiger partial charge in [-0.2, -0.15) is 0 Å². The van der Waals surface area contributed by atoms with Gasteiger partial charge in [0, 0.05) is 26.1 Å². The van der Waals surface area contributed by atoms with Gasteiger partial charge in [-0.25, -0.2) is 9.18 Å². The summed E-state index contributed by atoms with van der Waals surface area (Å²) in [5.74, 6) is -1.33. The fourth-order valence-corrected chi connectivity index (χ4v) is 4.88. The molecular formula is C28H27Cl2FN2O4. The topological polar surface area (TPSA) is 78.9 Å². The molecule has 1 heterocycles. The van der Waals surface area contributed by atoms with Crippen LogP contribution in [0.15, 0.2) is 66.7 Å². The number of carbonyl (C=O) groups is 2. The number of likely N-dealkylation sites (tertiary alicyclic amines) is 1. The van der Waals surface area contributed by atoms with Gasteiger partial charge < -0.3 is 15.2 Å². The van der Waals surface area contributed by atoms with E-state index < -0.39 is 17.9 Å². The van der Waals surface area contributed by atoms with E-state index in [0.717, 1.165) is 43.6 Å². The van der Waals surface area contributed by atoms with Crippen LogP contribution in [0, 0.1) is 5.82 Å². The summed E-state index contributed by atoms with van der Waals surface area (Å²) in [7, 11) is 0. The first-order valence-corrected chi connectivity index (χ1v) is 12.7. The number of aliphatic carboxylic acids is 1. The Morgan fingerprint density at radius 1 is 0.973 bits per heavy atom. The maximum Gasteiger partial charge on any atom is 0.326 e. The van der Waals surface area contributed by atoms with E-state index in [4.69, 9.17) is 27.9 Å². The zero-order chi connectivity index (χ0) is 26.4. The van der Waals surface area contributed by atoms with Crippen LogP contribution in [0.5, 0.6) is 5.75 Å². The Balaban J connectivity index is 1.28. The molecule has 9 heteroatoms. The number of nitrogens with zero attached hydrogens (tertiary/aromatic N) is 1. The summed E-state index contributed by atoms with van der Waals surface area (Å²) in [5, 5.41) is 12.4. The predicted molar refractivity (Wildman–Crippen MR) is 141 cm³/mol. The van der Waals surface area contributed by atoms with Crippen molar-refractivity contribution in [1.82, 2.24) is 10.2 Å². The van der Waals surface area contributed by atoms with Crippen molar-refractivity contribution in [2.24, 2.45) is 0 Å². The van der Waals surface area contributed by atoms with Crippen molar-refractivity contribution in [3.05, 3.63) is 99.3 Å². The summed E-state index contributed by atoms with van der Waals surface area (Å²) in [5.41, 5.74) is 1.87. The van der Waals surface area contributed by atoms with Crippen LogP contribution in [-0.2, 0) is 17.8 Å². The van der Waals surface area contributed by atoms with E-state index in [1.807, 2.05) is 24.3 Å². The molecule has 1 fully saturated rings. The maximum absolute atomic E-state index is 13.1. The van der Waals surface area contributed by atoms with Crippen molar-refractivity contribution in [2.75, 3.05) is 13.1 Å². The minimum Gasteiger partial charge on any atom is -0.490 e. The summed E-state index contributed by atoms with van der Waals surface area (Å²) in [6, 6.07) is 17.3. The second kappa shape index (κ2) is 12.4. The lowest BCUT2D eigenvalue weighted by Crippen LogP contribution is -2.42. The molecule has 4 rings (SSSR count). The summed E-state index contributed by atoms with van der Waals surface area (Å²) in [4.78, 5) is 26.8. The third kappa shape index (κ3) is 7.44. The Morgan fingerprint density at radius 2 is 1.57 bits per heavy atom. The average molecular weight is 545 g/mol. The first-order chi connectivity index (χ1) is 17.8. The van der Waals surface area contributed by atoms with Gasteiger partial charge in [0.2, 0.25) is 0 Å². The zero-order valence-corrected chi connectivity index (χ0v) is 21.5. The number of ether oxygens (including phenoxy) is 1. The largest absolute Gasteiger partial charge is 0.490 e. The highest BCUT2D eigenvalue weighted by Crippen LogP contribution is 2.25. The second-order valence-electron chi connectivity index (χ2n) is 9.03. The van der Waals surface area contributed by atoms with Gasteiger partial charge in [-0.3, -0.25) is 9.69 Å². The molecule has 194 valence electrons. The van der Waals surface area contributed by atoms with Gasteiger partial charge in [0.05, 0.1) is 15.6 Å². The number of carbonyl (C=O) groups excluding carboxylic acids is 1. The van der Waals surface area contributed by atoms with E-state index in [1.165, 1.54) is 24.3 Å². The normalized spacial score (nSPS) is 15.2. The first-order valence-electron chi connectivity index (χ1n) is 12.0. The summed E-state index contributed by atoms with van der Waals surface area (Å²) in [6.45, 7) is 2.55. The standard InChI is InChI=1S/C28H27Cl2FN2O4/c29-23-2-1-3-24(30)26(23)27(34)32-25(28(35)36)16-18-6-10-21(11-7-18)37-22-12-14-33(15-13-22)17-19-4-8-20(31)9-5-19/h1-11,22,25H,12-17H2,(H,32,34)(H,35,36)/t25-/m0/s1. The van der Waals surface area contributed by atoms with Gasteiger partial charge in [0.1, 0.15) is 23.7 Å². The number of benzene rings is 3. The maximum atomic E-state index is 13.1. The van der Waals surface area contributed by atoms with E-state index in [-0.39, 0.29) is 34.0 Å². The molecule has 3 aromatic carbocycles. The van der Waals surface area contributed by atoms with Gasteiger partial charge in [-0.1, -0.05) is 53.5 Å². The van der Waals surface area contributed by atoms with Crippen LogP contribution in [0.4, 0.5) is 4.39 Å². The fourth-order valence-electron chi connectivity index (χ4n) is 4.31. The molecule has 6 nitrogen and oxygen atoms in total. The molecule has 1 saturated heterocycles. The van der Waals surface area contributed by atoms with Crippen LogP contribution in [0.3, 0.4) is 0 Å². The lowest BCUT2D eigenvalue weighted by atomic mass is 10.0. The van der Waals surface area contributed by atoms with E-state index in [1.54, 1.807) is 18.2 Å². The number of carboxylic acid groups (broad SMARTS) is 1. The van der Waals surface area contributed by atoms with Gasteiger partial charge >= 0.3 is 5.97 Å². The highest BCUT2D eigenvalue weighted by Gasteiger charge is 2.24. The van der Waals surface area contributed by atoms with Gasteiger partial charge in [-0.05, 0) is 60.4 Å². The highest BCUT2D eigenvalue weighted by molar-refractivity contribution is 6.39. The molecule has 3 aromatic rings. The number of piperidine rings is 1. The minimum absolute atomic E-state index is 0.0459. The minimum atomic E-state index is -1.16. The van der Waals surface area contributed by atoms with Crippen molar-refractivity contribution in [3.8, 4) is 5.75 Å². The van der Waals surface area contributed by atoms with Crippen LogP contribution >= 0.6 is 23.2 Å². The van der Waals surface area contributed by atoms with E-state index in [0.29, 0.717) is 5.75 Å². The third-order valence-electron chi connectivity index (χ3n) is 6.31. The van der Waals surface area contributed by atoms with Crippen molar-refractivity contribution in [1.29, 1.82) is 0 Å². The van der Waals surface area contributed by atoms with Gasteiger partial charge in [0.15, 0.2) is 0 Å². The fraction of sp³-hybridized carbons (Fsp3) is 0.286. The second-order valence-corrected chi connectivity index (χ2v) is 9.84. The molecule has 2 N–H and O–H groups in total. The predicted octanol–water partition coefficient (Wildman–Crippen LogP) is 5.60. The van der Waals surface area contributed by atoms with E-state index in [2.05, 4.69) is 10.2 Å².